The average molecular weight is 254 g/mol. The molecule has 1 atom stereocenters. The summed E-state index contributed by atoms with van der Waals surface area (Å²) >= 11 is 0. The van der Waals surface area contributed by atoms with Crippen LogP contribution in [-0.4, -0.2) is 37.1 Å². The Morgan fingerprint density at radius 1 is 1.17 bits per heavy atom. The fourth-order valence-corrected chi connectivity index (χ4v) is 2.90. The van der Waals surface area contributed by atoms with E-state index in [0.29, 0.717) is 0 Å². The van der Waals surface area contributed by atoms with Gasteiger partial charge < -0.3 is 10.2 Å². The minimum Gasteiger partial charge on any atom is -0.316 e. The molecule has 0 bridgehead atoms. The molecule has 0 spiro atoms. The molecule has 18 heavy (non-hydrogen) atoms. The maximum atomic E-state index is 3.54. The molecule has 0 saturated carbocycles. The minimum absolute atomic E-state index is 0.774. The largest absolute Gasteiger partial charge is 0.316 e. The van der Waals surface area contributed by atoms with Gasteiger partial charge in [-0.15, -0.1) is 0 Å². The van der Waals surface area contributed by atoms with Crippen molar-refractivity contribution in [2.75, 3.05) is 26.2 Å². The molecule has 0 radical (unpaired) electrons. The van der Waals surface area contributed by atoms with E-state index in [-0.39, 0.29) is 0 Å². The van der Waals surface area contributed by atoms with Crippen LogP contribution in [0, 0.1) is 11.8 Å². The quantitative estimate of drug-likeness (QED) is 0.667. The summed E-state index contributed by atoms with van der Waals surface area (Å²) in [5.74, 6) is 1.77. The van der Waals surface area contributed by atoms with Crippen LogP contribution in [-0.2, 0) is 0 Å². The van der Waals surface area contributed by atoms with Gasteiger partial charge in [-0.3, -0.25) is 0 Å². The van der Waals surface area contributed by atoms with E-state index >= 15 is 0 Å². The number of rotatable bonds is 8. The zero-order valence-electron chi connectivity index (χ0n) is 13.0. The highest BCUT2D eigenvalue weighted by atomic mass is 15.2. The highest BCUT2D eigenvalue weighted by Crippen LogP contribution is 2.22. The normalized spacial score (nSPS) is 20.5. The summed E-state index contributed by atoms with van der Waals surface area (Å²) in [7, 11) is 0. The Morgan fingerprint density at radius 2 is 1.83 bits per heavy atom. The van der Waals surface area contributed by atoms with Crippen molar-refractivity contribution in [3.8, 4) is 0 Å². The van der Waals surface area contributed by atoms with Gasteiger partial charge in [0.15, 0.2) is 0 Å². The van der Waals surface area contributed by atoms with Crippen molar-refractivity contribution in [3.63, 3.8) is 0 Å². The van der Waals surface area contributed by atoms with Crippen LogP contribution in [0.2, 0.25) is 0 Å². The maximum Gasteiger partial charge on any atom is 0.00674 e. The monoisotopic (exact) mass is 254 g/mol. The van der Waals surface area contributed by atoms with Crippen molar-refractivity contribution in [1.29, 1.82) is 0 Å². The van der Waals surface area contributed by atoms with Gasteiger partial charge in [-0.25, -0.2) is 0 Å². The van der Waals surface area contributed by atoms with Gasteiger partial charge in [0.2, 0.25) is 0 Å². The topological polar surface area (TPSA) is 15.3 Å². The Hall–Kier alpha value is -0.0800. The fourth-order valence-electron chi connectivity index (χ4n) is 2.90. The van der Waals surface area contributed by atoms with Gasteiger partial charge in [-0.2, -0.15) is 0 Å². The molecule has 0 aromatic carbocycles. The van der Waals surface area contributed by atoms with E-state index < -0.39 is 0 Å². The number of nitrogens with one attached hydrogen (secondary N) is 1. The third-order valence-electron chi connectivity index (χ3n) is 4.38. The van der Waals surface area contributed by atoms with Gasteiger partial charge in [-0.05, 0) is 70.6 Å². The smallest absolute Gasteiger partial charge is 0.00674 e. The first-order valence-corrected chi connectivity index (χ1v) is 8.08. The summed E-state index contributed by atoms with van der Waals surface area (Å²) in [5, 5.41) is 3.54. The van der Waals surface area contributed by atoms with Crippen molar-refractivity contribution in [2.45, 2.75) is 65.8 Å². The standard InChI is InChI=1S/C16H34N2/c1-5-16-8-11-18(12-9-16)15(4)7-6-10-17-13-14(2)3/h14-17H,5-13H2,1-4H3. The lowest BCUT2D eigenvalue weighted by molar-refractivity contribution is 0.132. The van der Waals surface area contributed by atoms with Crippen LogP contribution in [0.15, 0.2) is 0 Å². The Labute approximate surface area is 115 Å². The van der Waals surface area contributed by atoms with Crippen molar-refractivity contribution in [2.24, 2.45) is 11.8 Å². The molecule has 1 heterocycles. The molecule has 1 fully saturated rings. The van der Waals surface area contributed by atoms with E-state index in [4.69, 9.17) is 0 Å². The second kappa shape index (κ2) is 8.92. The maximum absolute atomic E-state index is 3.54. The lowest BCUT2D eigenvalue weighted by atomic mass is 9.93. The minimum atomic E-state index is 0.774. The third-order valence-corrected chi connectivity index (χ3v) is 4.38. The van der Waals surface area contributed by atoms with Crippen molar-refractivity contribution in [1.82, 2.24) is 10.2 Å². The molecule has 0 aromatic rings. The van der Waals surface area contributed by atoms with Crippen LogP contribution < -0.4 is 5.32 Å². The second-order valence-corrected chi connectivity index (χ2v) is 6.48. The molecule has 1 unspecified atom stereocenters. The predicted molar refractivity (Wildman–Crippen MR) is 81.0 cm³/mol. The molecule has 1 aliphatic heterocycles. The predicted octanol–water partition coefficient (Wildman–Crippen LogP) is 3.52. The van der Waals surface area contributed by atoms with Crippen LogP contribution in [0.1, 0.15) is 59.8 Å². The molecular weight excluding hydrogens is 220 g/mol. The van der Waals surface area contributed by atoms with E-state index in [0.717, 1.165) is 24.4 Å². The first-order valence-electron chi connectivity index (χ1n) is 8.08. The van der Waals surface area contributed by atoms with Gasteiger partial charge in [0, 0.05) is 6.04 Å². The number of piperidine rings is 1. The molecule has 1 aliphatic rings. The fraction of sp³-hybridized carbons (Fsp3) is 1.00. The second-order valence-electron chi connectivity index (χ2n) is 6.48. The summed E-state index contributed by atoms with van der Waals surface area (Å²) in [6.45, 7) is 14.3. The summed E-state index contributed by atoms with van der Waals surface area (Å²) in [6.07, 6.45) is 6.89. The Kier molecular flexibility index (Phi) is 7.92. The summed E-state index contributed by atoms with van der Waals surface area (Å²) in [6, 6.07) is 0.781. The van der Waals surface area contributed by atoms with Crippen molar-refractivity contribution < 1.29 is 0 Å². The van der Waals surface area contributed by atoms with Gasteiger partial charge in [0.25, 0.3) is 0 Å². The number of likely N-dealkylation sites (tertiary alicyclic amines) is 1. The molecule has 2 nitrogen and oxygen atoms in total. The highest BCUT2D eigenvalue weighted by Gasteiger charge is 2.21. The molecule has 108 valence electrons. The molecule has 1 rings (SSSR count). The van der Waals surface area contributed by atoms with Crippen LogP contribution in [0.25, 0.3) is 0 Å². The third kappa shape index (κ3) is 6.19. The van der Waals surface area contributed by atoms with E-state index in [9.17, 15) is 0 Å². The van der Waals surface area contributed by atoms with Gasteiger partial charge in [0.1, 0.15) is 0 Å². The van der Waals surface area contributed by atoms with Crippen molar-refractivity contribution >= 4 is 0 Å². The Bertz CT molecular complexity index is 195. The Balaban J connectivity index is 2.04. The highest BCUT2D eigenvalue weighted by molar-refractivity contribution is 4.75. The Morgan fingerprint density at radius 3 is 2.39 bits per heavy atom. The lowest BCUT2D eigenvalue weighted by Crippen LogP contribution is -2.40. The lowest BCUT2D eigenvalue weighted by Gasteiger charge is -2.36. The summed E-state index contributed by atoms with van der Waals surface area (Å²) < 4.78 is 0. The average Bonchev–Trinajstić information content (AvgIpc) is 2.38. The molecule has 1 N–H and O–H groups in total. The van der Waals surface area contributed by atoms with E-state index in [1.807, 2.05) is 0 Å². The molecule has 2 heteroatoms. The number of hydrogen-bond acceptors (Lipinski definition) is 2. The van der Waals surface area contributed by atoms with Crippen LogP contribution in [0.4, 0.5) is 0 Å². The van der Waals surface area contributed by atoms with E-state index in [2.05, 4.69) is 37.9 Å². The summed E-state index contributed by atoms with van der Waals surface area (Å²) in [5.41, 5.74) is 0. The molecule has 0 aromatic heterocycles. The van der Waals surface area contributed by atoms with Crippen LogP contribution in [0.5, 0.6) is 0 Å². The number of nitrogens with zero attached hydrogens (tertiary/aromatic N) is 1. The van der Waals surface area contributed by atoms with E-state index in [1.54, 1.807) is 0 Å². The first-order chi connectivity index (χ1) is 8.63. The number of hydrogen-bond donors (Lipinski definition) is 1. The van der Waals surface area contributed by atoms with Gasteiger partial charge in [0.05, 0.1) is 0 Å². The molecule has 0 aliphatic carbocycles. The molecular formula is C16H34N2. The first kappa shape index (κ1) is 16.0. The molecule has 0 amide bonds. The van der Waals surface area contributed by atoms with Crippen LogP contribution in [0.3, 0.4) is 0 Å². The van der Waals surface area contributed by atoms with Gasteiger partial charge in [-0.1, -0.05) is 27.2 Å². The zero-order valence-corrected chi connectivity index (χ0v) is 13.0. The SMILES string of the molecule is CCC1CCN(C(C)CCCNCC(C)C)CC1. The molecule has 1 saturated heterocycles. The summed E-state index contributed by atoms with van der Waals surface area (Å²) in [4.78, 5) is 2.70. The van der Waals surface area contributed by atoms with Crippen LogP contribution >= 0.6 is 0 Å². The zero-order chi connectivity index (χ0) is 13.4. The van der Waals surface area contributed by atoms with Crippen molar-refractivity contribution in [3.05, 3.63) is 0 Å². The van der Waals surface area contributed by atoms with Gasteiger partial charge >= 0.3 is 0 Å². The van der Waals surface area contributed by atoms with E-state index in [1.165, 1.54) is 51.7 Å².